The molecule has 0 bridgehead atoms. The Kier molecular flexibility index (Phi) is 2.41. The Hall–Kier alpha value is -2.95. The van der Waals surface area contributed by atoms with Crippen LogP contribution in [-0.4, -0.2) is 14.5 Å². The van der Waals surface area contributed by atoms with Crippen molar-refractivity contribution in [1.29, 1.82) is 0 Å². The molecule has 102 valence electrons. The molecular formula is C16H11N3O2. The molecular weight excluding hydrogens is 266 g/mol. The molecule has 4 rings (SSSR count). The first-order valence-electron chi connectivity index (χ1n) is 6.55. The summed E-state index contributed by atoms with van der Waals surface area (Å²) in [4.78, 5) is 21.0. The molecule has 1 aromatic carbocycles. The predicted octanol–water partition coefficient (Wildman–Crippen LogP) is 2.74. The highest BCUT2D eigenvalue weighted by atomic mass is 16.4. The van der Waals surface area contributed by atoms with Gasteiger partial charge in [-0.2, -0.15) is 0 Å². The van der Waals surface area contributed by atoms with E-state index in [1.165, 1.54) is 0 Å². The molecule has 4 aromatic rings. The zero-order valence-electron chi connectivity index (χ0n) is 11.3. The van der Waals surface area contributed by atoms with Crippen molar-refractivity contribution in [3.05, 3.63) is 59.1 Å². The van der Waals surface area contributed by atoms with Crippen LogP contribution < -0.4 is 5.63 Å². The van der Waals surface area contributed by atoms with Gasteiger partial charge >= 0.3 is 5.63 Å². The monoisotopic (exact) mass is 277 g/mol. The first-order chi connectivity index (χ1) is 10.2. The molecule has 0 spiro atoms. The van der Waals surface area contributed by atoms with Crippen LogP contribution in [0.3, 0.4) is 0 Å². The highest BCUT2D eigenvalue weighted by molar-refractivity contribution is 5.82. The molecule has 5 heteroatoms. The van der Waals surface area contributed by atoms with Crippen molar-refractivity contribution in [2.24, 2.45) is 7.05 Å². The number of benzene rings is 1. The van der Waals surface area contributed by atoms with Gasteiger partial charge in [0, 0.05) is 18.6 Å². The summed E-state index contributed by atoms with van der Waals surface area (Å²) >= 11 is 0. The number of aryl methyl sites for hydroxylation is 1. The topological polar surface area (TPSA) is 60.9 Å². The number of imidazole rings is 1. The third-order valence-electron chi connectivity index (χ3n) is 3.51. The van der Waals surface area contributed by atoms with E-state index in [-0.39, 0.29) is 0 Å². The molecule has 21 heavy (non-hydrogen) atoms. The van der Waals surface area contributed by atoms with E-state index in [1.54, 1.807) is 16.8 Å². The molecule has 0 atom stereocenters. The lowest BCUT2D eigenvalue weighted by atomic mass is 10.2. The molecule has 5 nitrogen and oxygen atoms in total. The van der Waals surface area contributed by atoms with Gasteiger partial charge in [0.05, 0.1) is 0 Å². The SMILES string of the molecule is Cn1c(-c2cc3ccccc3oc2=O)nc2cccnc21. The van der Waals surface area contributed by atoms with Crippen LogP contribution in [0.1, 0.15) is 0 Å². The second-order valence-corrected chi connectivity index (χ2v) is 4.83. The van der Waals surface area contributed by atoms with Crippen molar-refractivity contribution in [2.75, 3.05) is 0 Å². The minimum Gasteiger partial charge on any atom is -0.422 e. The standard InChI is InChI=1S/C16H11N3O2/c1-19-14(18-12-6-4-8-17-15(12)19)11-9-10-5-2-3-7-13(10)21-16(11)20/h2-9H,1H3. The van der Waals surface area contributed by atoms with Crippen molar-refractivity contribution >= 4 is 22.1 Å². The van der Waals surface area contributed by atoms with Crippen LogP contribution >= 0.6 is 0 Å². The summed E-state index contributed by atoms with van der Waals surface area (Å²) < 4.78 is 7.17. The first-order valence-corrected chi connectivity index (χ1v) is 6.55. The summed E-state index contributed by atoms with van der Waals surface area (Å²) in [6.45, 7) is 0. The zero-order valence-corrected chi connectivity index (χ0v) is 11.3. The van der Waals surface area contributed by atoms with Gasteiger partial charge in [-0.25, -0.2) is 14.8 Å². The lowest BCUT2D eigenvalue weighted by Crippen LogP contribution is -2.06. The van der Waals surface area contributed by atoms with Crippen LogP contribution in [0.2, 0.25) is 0 Å². The van der Waals surface area contributed by atoms with E-state index < -0.39 is 5.63 Å². The molecule has 0 aliphatic carbocycles. The van der Waals surface area contributed by atoms with E-state index in [1.807, 2.05) is 43.4 Å². The normalized spacial score (nSPS) is 11.3. The van der Waals surface area contributed by atoms with Crippen LogP contribution in [0.15, 0.2) is 57.9 Å². The number of hydrogen-bond donors (Lipinski definition) is 0. The smallest absolute Gasteiger partial charge is 0.347 e. The average molecular weight is 277 g/mol. The highest BCUT2D eigenvalue weighted by Gasteiger charge is 2.15. The van der Waals surface area contributed by atoms with Crippen molar-refractivity contribution in [2.45, 2.75) is 0 Å². The van der Waals surface area contributed by atoms with Crippen molar-refractivity contribution in [1.82, 2.24) is 14.5 Å². The summed E-state index contributed by atoms with van der Waals surface area (Å²) in [6.07, 6.45) is 1.71. The van der Waals surface area contributed by atoms with E-state index >= 15 is 0 Å². The Labute approximate surface area is 119 Å². The fourth-order valence-corrected chi connectivity index (χ4v) is 2.48. The van der Waals surface area contributed by atoms with Gasteiger partial charge in [-0.1, -0.05) is 18.2 Å². The molecule has 3 aromatic heterocycles. The van der Waals surface area contributed by atoms with E-state index in [2.05, 4.69) is 9.97 Å². The van der Waals surface area contributed by atoms with Crippen LogP contribution in [-0.2, 0) is 7.05 Å². The largest absolute Gasteiger partial charge is 0.422 e. The van der Waals surface area contributed by atoms with Gasteiger partial charge in [0.25, 0.3) is 0 Å². The number of nitrogens with zero attached hydrogens (tertiary/aromatic N) is 3. The predicted molar refractivity (Wildman–Crippen MR) is 80.0 cm³/mol. The van der Waals surface area contributed by atoms with E-state index in [9.17, 15) is 4.79 Å². The second-order valence-electron chi connectivity index (χ2n) is 4.83. The maximum absolute atomic E-state index is 12.2. The van der Waals surface area contributed by atoms with Gasteiger partial charge in [-0.15, -0.1) is 0 Å². The second kappa shape index (κ2) is 4.28. The summed E-state index contributed by atoms with van der Waals surface area (Å²) in [5.41, 5.74) is 2.10. The Balaban J connectivity index is 2.06. The lowest BCUT2D eigenvalue weighted by Gasteiger charge is -2.02. The van der Waals surface area contributed by atoms with E-state index in [0.29, 0.717) is 17.0 Å². The van der Waals surface area contributed by atoms with Gasteiger partial charge in [-0.3, -0.25) is 0 Å². The number of hydrogen-bond acceptors (Lipinski definition) is 4. The maximum atomic E-state index is 12.2. The summed E-state index contributed by atoms with van der Waals surface area (Å²) in [5, 5.41) is 0.868. The van der Waals surface area contributed by atoms with E-state index in [4.69, 9.17) is 4.42 Å². The Bertz CT molecular complexity index is 1030. The van der Waals surface area contributed by atoms with Gasteiger partial charge in [-0.05, 0) is 24.3 Å². The summed E-state index contributed by atoms with van der Waals surface area (Å²) in [6, 6.07) is 12.9. The summed E-state index contributed by atoms with van der Waals surface area (Å²) in [5.74, 6) is 0.559. The van der Waals surface area contributed by atoms with Gasteiger partial charge in [0.2, 0.25) is 0 Å². The van der Waals surface area contributed by atoms with Crippen LogP contribution in [0.5, 0.6) is 0 Å². The maximum Gasteiger partial charge on any atom is 0.347 e. The fraction of sp³-hybridized carbons (Fsp3) is 0.0625. The number of para-hydroxylation sites is 1. The highest BCUT2D eigenvalue weighted by Crippen LogP contribution is 2.22. The molecule has 0 amide bonds. The zero-order chi connectivity index (χ0) is 14.4. The van der Waals surface area contributed by atoms with Crippen LogP contribution in [0.4, 0.5) is 0 Å². The molecule has 0 saturated heterocycles. The fourth-order valence-electron chi connectivity index (χ4n) is 2.48. The van der Waals surface area contributed by atoms with Crippen LogP contribution in [0, 0.1) is 0 Å². The third-order valence-corrected chi connectivity index (χ3v) is 3.51. The van der Waals surface area contributed by atoms with Crippen molar-refractivity contribution < 1.29 is 4.42 Å². The molecule has 0 N–H and O–H groups in total. The van der Waals surface area contributed by atoms with Crippen molar-refractivity contribution in [3.63, 3.8) is 0 Å². The minimum absolute atomic E-state index is 0.396. The number of pyridine rings is 1. The van der Waals surface area contributed by atoms with E-state index in [0.717, 1.165) is 16.6 Å². The quantitative estimate of drug-likeness (QED) is 0.502. The molecule has 3 heterocycles. The number of rotatable bonds is 1. The molecule has 0 aliphatic heterocycles. The molecule has 0 aliphatic rings. The Morgan fingerprint density at radius 3 is 2.86 bits per heavy atom. The molecule has 0 unspecified atom stereocenters. The van der Waals surface area contributed by atoms with Crippen molar-refractivity contribution in [3.8, 4) is 11.4 Å². The van der Waals surface area contributed by atoms with Gasteiger partial charge < -0.3 is 8.98 Å². The molecule has 0 fully saturated rings. The Morgan fingerprint density at radius 1 is 1.14 bits per heavy atom. The molecule has 0 radical (unpaired) electrons. The summed E-state index contributed by atoms with van der Waals surface area (Å²) in [7, 11) is 1.84. The number of aromatic nitrogens is 3. The Morgan fingerprint density at radius 2 is 2.00 bits per heavy atom. The average Bonchev–Trinajstić information content (AvgIpc) is 2.84. The van der Waals surface area contributed by atoms with Crippen LogP contribution in [0.25, 0.3) is 33.5 Å². The van der Waals surface area contributed by atoms with Gasteiger partial charge in [0.1, 0.15) is 22.5 Å². The third kappa shape index (κ3) is 1.74. The first kappa shape index (κ1) is 11.8. The molecule has 0 saturated carbocycles. The minimum atomic E-state index is -0.396. The number of fused-ring (bicyclic) bond motifs is 2. The lowest BCUT2D eigenvalue weighted by molar-refractivity contribution is 0.562. The van der Waals surface area contributed by atoms with Gasteiger partial charge in [0.15, 0.2) is 5.65 Å².